The van der Waals surface area contributed by atoms with Crippen LogP contribution in [0.4, 0.5) is 26.2 Å². The third-order valence-electron chi connectivity index (χ3n) is 7.08. The number of hydrogen-bond acceptors (Lipinski definition) is 8. The van der Waals surface area contributed by atoms with Crippen LogP contribution < -0.4 is 21.3 Å². The van der Waals surface area contributed by atoms with Crippen LogP contribution >= 0.6 is 15.9 Å². The molecule has 3 rings (SSSR count). The van der Waals surface area contributed by atoms with Crippen LogP contribution in [0.15, 0.2) is 29.1 Å². The van der Waals surface area contributed by atoms with Gasteiger partial charge in [-0.15, -0.1) is 0 Å². The SMILES string of the molecule is CC(C)(C)OC(=O)N[C@H]1CCN(c2ccncc2NC(=O)c2nc(Br)c(F)cc2N)C[C@@H]1O[Si](C)(C)C(C)(C)C. The number of pyridine rings is 2. The maximum atomic E-state index is 13.8. The van der Waals surface area contributed by atoms with E-state index in [9.17, 15) is 14.0 Å². The van der Waals surface area contributed by atoms with Crippen molar-refractivity contribution in [3.63, 3.8) is 0 Å². The highest BCUT2D eigenvalue weighted by Gasteiger charge is 2.43. The molecule has 0 aromatic carbocycles. The number of nitrogen functional groups attached to an aromatic ring is 1. The molecule has 10 nitrogen and oxygen atoms in total. The van der Waals surface area contributed by atoms with E-state index in [1.165, 1.54) is 6.20 Å². The number of piperidine rings is 1. The van der Waals surface area contributed by atoms with Gasteiger partial charge < -0.3 is 30.4 Å². The number of halogens is 2. The van der Waals surface area contributed by atoms with Crippen LogP contribution in [0.25, 0.3) is 0 Å². The Morgan fingerprint density at radius 2 is 1.90 bits per heavy atom. The first-order valence-corrected chi connectivity index (χ1v) is 16.9. The quantitative estimate of drug-likeness (QED) is 0.271. The van der Waals surface area contributed by atoms with E-state index >= 15 is 0 Å². The summed E-state index contributed by atoms with van der Waals surface area (Å²) >= 11 is 3.00. The van der Waals surface area contributed by atoms with Crippen LogP contribution in [-0.4, -0.2) is 61.1 Å². The van der Waals surface area contributed by atoms with Crippen molar-refractivity contribution in [3.05, 3.63) is 40.6 Å². The molecule has 2 amide bonds. The number of hydrogen-bond donors (Lipinski definition) is 3. The third-order valence-corrected chi connectivity index (χ3v) is 12.1. The number of rotatable bonds is 6. The summed E-state index contributed by atoms with van der Waals surface area (Å²) in [6.07, 6.45) is 2.96. The van der Waals surface area contributed by atoms with Crippen LogP contribution in [0.5, 0.6) is 0 Å². The van der Waals surface area contributed by atoms with E-state index in [1.54, 1.807) is 12.3 Å². The third kappa shape index (κ3) is 7.91. The average molecular weight is 640 g/mol. The molecular weight excluding hydrogens is 599 g/mol. The second-order valence-electron chi connectivity index (χ2n) is 12.4. The van der Waals surface area contributed by atoms with Crippen LogP contribution in [0.3, 0.4) is 0 Å². The van der Waals surface area contributed by atoms with E-state index < -0.39 is 31.7 Å². The van der Waals surface area contributed by atoms with Crippen molar-refractivity contribution in [2.45, 2.75) is 83.8 Å². The van der Waals surface area contributed by atoms with Gasteiger partial charge in [0.15, 0.2) is 19.8 Å². The maximum Gasteiger partial charge on any atom is 0.407 e. The number of amides is 2. The summed E-state index contributed by atoms with van der Waals surface area (Å²) in [5.41, 5.74) is 6.22. The predicted octanol–water partition coefficient (Wildman–Crippen LogP) is 5.71. The Hall–Kier alpha value is -2.77. The number of carbonyl (C=O) groups is 2. The lowest BCUT2D eigenvalue weighted by molar-refractivity contribution is 0.0415. The number of nitrogens with one attached hydrogen (secondary N) is 2. The van der Waals surface area contributed by atoms with Gasteiger partial charge in [-0.05, 0) is 67.3 Å². The Bertz CT molecular complexity index is 1250. The molecule has 40 heavy (non-hydrogen) atoms. The van der Waals surface area contributed by atoms with Gasteiger partial charge in [0, 0.05) is 25.4 Å². The van der Waals surface area contributed by atoms with Crippen molar-refractivity contribution in [2.75, 3.05) is 29.0 Å². The lowest BCUT2D eigenvalue weighted by Crippen LogP contribution is -2.59. The van der Waals surface area contributed by atoms with Gasteiger partial charge in [0.1, 0.15) is 10.2 Å². The van der Waals surface area contributed by atoms with Gasteiger partial charge in [-0.3, -0.25) is 9.78 Å². The van der Waals surface area contributed by atoms with Crippen LogP contribution in [-0.2, 0) is 9.16 Å². The molecule has 0 radical (unpaired) electrons. The highest BCUT2D eigenvalue weighted by molar-refractivity contribution is 9.10. The van der Waals surface area contributed by atoms with E-state index in [0.717, 1.165) is 11.8 Å². The summed E-state index contributed by atoms with van der Waals surface area (Å²) in [7, 11) is -2.22. The molecule has 1 fully saturated rings. The monoisotopic (exact) mass is 638 g/mol. The van der Waals surface area contributed by atoms with Gasteiger partial charge >= 0.3 is 6.09 Å². The first-order valence-electron chi connectivity index (χ1n) is 13.2. The van der Waals surface area contributed by atoms with Crippen molar-refractivity contribution in [2.24, 2.45) is 0 Å². The molecule has 0 aliphatic carbocycles. The summed E-state index contributed by atoms with van der Waals surface area (Å²) in [5, 5.41) is 5.80. The van der Waals surface area contributed by atoms with E-state index in [4.69, 9.17) is 14.9 Å². The average Bonchev–Trinajstić information content (AvgIpc) is 2.80. The van der Waals surface area contributed by atoms with Gasteiger partial charge in [0.05, 0.1) is 35.4 Å². The van der Waals surface area contributed by atoms with Gasteiger partial charge in [-0.25, -0.2) is 14.2 Å². The van der Waals surface area contributed by atoms with Crippen molar-refractivity contribution >= 4 is 53.3 Å². The molecule has 1 saturated heterocycles. The van der Waals surface area contributed by atoms with Gasteiger partial charge in [-0.1, -0.05) is 20.8 Å². The Morgan fingerprint density at radius 1 is 1.23 bits per heavy atom. The normalized spacial score (nSPS) is 18.3. The number of ether oxygens (including phenoxy) is 1. The van der Waals surface area contributed by atoms with Gasteiger partial charge in [0.2, 0.25) is 0 Å². The molecule has 0 bridgehead atoms. The first-order chi connectivity index (χ1) is 18.4. The standard InChI is InChI=1S/C27H40BrFN6O4Si/c1-26(2,3)38-25(37)33-18-10-12-35(15-21(18)39-40(7,8)27(4,5)6)20-9-11-31-14-19(20)32-24(36)22-17(30)13-16(29)23(28)34-22/h9,11,13-14,18,21H,10,12,15,30H2,1-8H3,(H,32,36)(H,33,37)/t18-,21-/m0/s1. The zero-order valence-corrected chi connectivity index (χ0v) is 27.0. The number of anilines is 3. The zero-order valence-electron chi connectivity index (χ0n) is 24.4. The minimum Gasteiger partial charge on any atom is -0.444 e. The molecular formula is C27H40BrFN6O4Si. The Morgan fingerprint density at radius 3 is 2.52 bits per heavy atom. The molecule has 13 heteroatoms. The second-order valence-corrected chi connectivity index (χ2v) is 18.0. The molecule has 1 aliphatic rings. The summed E-state index contributed by atoms with van der Waals surface area (Å²) in [6.45, 7) is 17.4. The highest BCUT2D eigenvalue weighted by atomic mass is 79.9. The second kappa shape index (κ2) is 12.0. The topological polar surface area (TPSA) is 132 Å². The van der Waals surface area contributed by atoms with Crippen molar-refractivity contribution in [1.82, 2.24) is 15.3 Å². The fourth-order valence-electron chi connectivity index (χ4n) is 4.04. The largest absolute Gasteiger partial charge is 0.444 e. The molecule has 0 spiro atoms. The maximum absolute atomic E-state index is 13.8. The lowest BCUT2D eigenvalue weighted by atomic mass is 10.0. The summed E-state index contributed by atoms with van der Waals surface area (Å²) in [6, 6.07) is 2.58. The summed E-state index contributed by atoms with van der Waals surface area (Å²) in [5.74, 6) is -1.25. The molecule has 2 atom stereocenters. The Kier molecular flexibility index (Phi) is 9.52. The van der Waals surface area contributed by atoms with Crippen molar-refractivity contribution in [3.8, 4) is 0 Å². The van der Waals surface area contributed by atoms with Gasteiger partial charge in [0.25, 0.3) is 5.91 Å². The van der Waals surface area contributed by atoms with Crippen molar-refractivity contribution < 1.29 is 23.1 Å². The molecule has 4 N–H and O–H groups in total. The Balaban J connectivity index is 1.87. The molecule has 1 aliphatic heterocycles. The van der Waals surface area contributed by atoms with Crippen LogP contribution in [0.2, 0.25) is 18.1 Å². The van der Waals surface area contributed by atoms with E-state index in [0.29, 0.717) is 25.2 Å². The molecule has 0 unspecified atom stereocenters. The van der Waals surface area contributed by atoms with Gasteiger partial charge in [-0.2, -0.15) is 0 Å². The fraction of sp³-hybridized carbons (Fsp3) is 0.556. The summed E-state index contributed by atoms with van der Waals surface area (Å²) in [4.78, 5) is 36.0. The minimum atomic E-state index is -2.22. The molecule has 2 aromatic rings. The minimum absolute atomic E-state index is 0.0437. The van der Waals surface area contributed by atoms with Crippen LogP contribution in [0, 0.1) is 5.82 Å². The number of aromatic nitrogens is 2. The van der Waals surface area contributed by atoms with E-state index in [-0.39, 0.29) is 33.2 Å². The summed E-state index contributed by atoms with van der Waals surface area (Å²) < 4.78 is 26.0. The zero-order chi connectivity index (χ0) is 30.0. The molecule has 2 aromatic heterocycles. The molecule has 3 heterocycles. The van der Waals surface area contributed by atoms with Crippen LogP contribution in [0.1, 0.15) is 58.5 Å². The fourth-order valence-corrected chi connectivity index (χ4v) is 5.68. The van der Waals surface area contributed by atoms with E-state index in [2.05, 4.69) is 75.3 Å². The number of nitrogens with zero attached hydrogens (tertiary/aromatic N) is 3. The Labute approximate surface area is 244 Å². The smallest absolute Gasteiger partial charge is 0.407 e. The first kappa shape index (κ1) is 31.8. The molecule has 0 saturated carbocycles. The number of carbonyl (C=O) groups excluding carboxylic acids is 2. The van der Waals surface area contributed by atoms with E-state index in [1.807, 2.05) is 20.8 Å². The number of nitrogens with two attached hydrogens (primary N) is 1. The molecule has 220 valence electrons. The van der Waals surface area contributed by atoms with Crippen molar-refractivity contribution in [1.29, 1.82) is 0 Å². The lowest BCUT2D eigenvalue weighted by Gasteiger charge is -2.46. The highest BCUT2D eigenvalue weighted by Crippen LogP contribution is 2.39. The predicted molar refractivity (Wildman–Crippen MR) is 161 cm³/mol. The number of alkyl carbamates (subject to hydrolysis) is 1.